The van der Waals surface area contributed by atoms with Crippen molar-refractivity contribution in [2.75, 3.05) is 44.3 Å². The number of ether oxygens (including phenoxy) is 1. The van der Waals surface area contributed by atoms with Gasteiger partial charge >= 0.3 is 0 Å². The largest absolute Gasteiger partial charge is 0.378 e. The zero-order valence-electron chi connectivity index (χ0n) is 19.3. The van der Waals surface area contributed by atoms with Crippen molar-refractivity contribution in [3.8, 4) is 11.4 Å². The summed E-state index contributed by atoms with van der Waals surface area (Å²) < 4.78 is 7.73. The zero-order chi connectivity index (χ0) is 22.7. The van der Waals surface area contributed by atoms with E-state index in [2.05, 4.69) is 49.8 Å². The molecule has 0 atom stereocenters. The minimum absolute atomic E-state index is 0.335. The van der Waals surface area contributed by atoms with Gasteiger partial charge in [0.2, 0.25) is 0 Å². The van der Waals surface area contributed by atoms with E-state index in [9.17, 15) is 0 Å². The summed E-state index contributed by atoms with van der Waals surface area (Å²) in [5, 5.41) is 5.86. The zero-order valence-corrected chi connectivity index (χ0v) is 19.3. The Hall–Kier alpha value is -3.36. The third-order valence-corrected chi connectivity index (χ3v) is 6.83. The molecule has 8 nitrogen and oxygen atoms in total. The number of benzene rings is 1. The van der Waals surface area contributed by atoms with E-state index in [1.165, 1.54) is 5.56 Å². The van der Waals surface area contributed by atoms with E-state index in [0.717, 1.165) is 73.8 Å². The molecule has 34 heavy (non-hydrogen) atoms. The fourth-order valence-corrected chi connectivity index (χ4v) is 4.99. The normalized spacial score (nSPS) is 17.9. The van der Waals surface area contributed by atoms with Crippen molar-refractivity contribution in [1.82, 2.24) is 29.6 Å². The molecule has 2 saturated heterocycles. The first-order valence-corrected chi connectivity index (χ1v) is 12.1. The average molecular weight is 456 g/mol. The molecule has 0 radical (unpaired) electrons. The number of rotatable bonds is 5. The van der Waals surface area contributed by atoms with E-state index in [1.807, 2.05) is 18.3 Å². The molecular formula is C26H29N7O. The monoisotopic (exact) mass is 455 g/mol. The van der Waals surface area contributed by atoms with Crippen LogP contribution in [0.4, 0.5) is 5.82 Å². The number of hydrogen-bond donors (Lipinski definition) is 0. The van der Waals surface area contributed by atoms with Gasteiger partial charge < -0.3 is 9.64 Å². The van der Waals surface area contributed by atoms with Crippen LogP contribution in [0.1, 0.15) is 24.4 Å². The van der Waals surface area contributed by atoms with Crippen molar-refractivity contribution >= 4 is 16.9 Å². The number of morpholine rings is 1. The summed E-state index contributed by atoms with van der Waals surface area (Å²) in [6.45, 7) is 6.19. The second kappa shape index (κ2) is 9.48. The van der Waals surface area contributed by atoms with E-state index >= 15 is 0 Å². The van der Waals surface area contributed by atoms with Crippen molar-refractivity contribution in [1.29, 1.82) is 0 Å². The molecule has 8 heteroatoms. The van der Waals surface area contributed by atoms with Gasteiger partial charge in [-0.1, -0.05) is 30.3 Å². The Bertz CT molecular complexity index is 1230. The molecule has 2 aliphatic heterocycles. The molecule has 0 aliphatic carbocycles. The van der Waals surface area contributed by atoms with Gasteiger partial charge in [0, 0.05) is 50.7 Å². The topological polar surface area (TPSA) is 72.2 Å². The van der Waals surface area contributed by atoms with Crippen molar-refractivity contribution in [2.24, 2.45) is 0 Å². The highest BCUT2D eigenvalue weighted by atomic mass is 16.5. The van der Waals surface area contributed by atoms with Gasteiger partial charge in [-0.05, 0) is 30.5 Å². The van der Waals surface area contributed by atoms with E-state index in [1.54, 1.807) is 12.4 Å². The van der Waals surface area contributed by atoms with Crippen LogP contribution in [0.15, 0.2) is 61.1 Å². The number of piperidine rings is 1. The third-order valence-electron chi connectivity index (χ3n) is 6.83. The fourth-order valence-electron chi connectivity index (χ4n) is 4.99. The molecule has 6 rings (SSSR count). The lowest BCUT2D eigenvalue weighted by atomic mass is 10.0. The number of aromatic nitrogens is 5. The lowest BCUT2D eigenvalue weighted by molar-refractivity contribution is 0.122. The summed E-state index contributed by atoms with van der Waals surface area (Å²) in [7, 11) is 0. The van der Waals surface area contributed by atoms with Gasteiger partial charge in [0.15, 0.2) is 11.5 Å². The molecule has 5 heterocycles. The Morgan fingerprint density at radius 3 is 2.41 bits per heavy atom. The maximum atomic E-state index is 5.58. The highest BCUT2D eigenvalue weighted by Crippen LogP contribution is 2.32. The summed E-state index contributed by atoms with van der Waals surface area (Å²) >= 11 is 0. The second-order valence-electron chi connectivity index (χ2n) is 9.03. The number of anilines is 1. The lowest BCUT2D eigenvalue weighted by Gasteiger charge is -2.32. The number of likely N-dealkylation sites (tertiary alicyclic amines) is 1. The average Bonchev–Trinajstić information content (AvgIpc) is 3.34. The van der Waals surface area contributed by atoms with Gasteiger partial charge in [-0.3, -0.25) is 9.88 Å². The molecule has 2 aliphatic rings. The summed E-state index contributed by atoms with van der Waals surface area (Å²) in [6.07, 6.45) is 7.65. The minimum Gasteiger partial charge on any atom is -0.378 e. The SMILES string of the molecule is c1ccc(CN2CCC(n3ncc4c(N5CCOCC5)nc(-c5ccncc5)nc43)CC2)cc1. The van der Waals surface area contributed by atoms with Crippen LogP contribution in [0.3, 0.4) is 0 Å². The summed E-state index contributed by atoms with van der Waals surface area (Å²) in [5.41, 5.74) is 3.26. The highest BCUT2D eigenvalue weighted by Gasteiger charge is 2.26. The molecule has 2 fully saturated rings. The van der Waals surface area contributed by atoms with Gasteiger partial charge in [-0.2, -0.15) is 5.10 Å². The lowest BCUT2D eigenvalue weighted by Crippen LogP contribution is -2.37. The number of hydrogen-bond acceptors (Lipinski definition) is 7. The van der Waals surface area contributed by atoms with Crippen LogP contribution in [-0.4, -0.2) is 69.0 Å². The maximum Gasteiger partial charge on any atom is 0.164 e. The second-order valence-corrected chi connectivity index (χ2v) is 9.03. The quantitative estimate of drug-likeness (QED) is 0.456. The summed E-state index contributed by atoms with van der Waals surface area (Å²) in [5.74, 6) is 1.67. The summed E-state index contributed by atoms with van der Waals surface area (Å²) in [4.78, 5) is 19.0. The Morgan fingerprint density at radius 2 is 1.65 bits per heavy atom. The van der Waals surface area contributed by atoms with Crippen LogP contribution < -0.4 is 4.90 Å². The van der Waals surface area contributed by atoms with Crippen LogP contribution in [0.2, 0.25) is 0 Å². The van der Waals surface area contributed by atoms with E-state index in [-0.39, 0.29) is 0 Å². The smallest absolute Gasteiger partial charge is 0.164 e. The third kappa shape index (κ3) is 4.26. The number of nitrogens with zero attached hydrogens (tertiary/aromatic N) is 7. The Morgan fingerprint density at radius 1 is 0.882 bits per heavy atom. The molecule has 0 N–H and O–H groups in total. The molecule has 0 spiro atoms. The van der Waals surface area contributed by atoms with Crippen molar-refractivity contribution in [3.63, 3.8) is 0 Å². The van der Waals surface area contributed by atoms with Gasteiger partial charge in [-0.25, -0.2) is 14.6 Å². The van der Waals surface area contributed by atoms with Crippen molar-refractivity contribution in [3.05, 3.63) is 66.6 Å². The van der Waals surface area contributed by atoms with Gasteiger partial charge in [0.1, 0.15) is 5.82 Å². The molecular weight excluding hydrogens is 426 g/mol. The molecule has 0 amide bonds. The van der Waals surface area contributed by atoms with Gasteiger partial charge in [0.25, 0.3) is 0 Å². The molecule has 0 bridgehead atoms. The van der Waals surface area contributed by atoms with E-state index < -0.39 is 0 Å². The first-order chi connectivity index (χ1) is 16.8. The van der Waals surface area contributed by atoms with Crippen LogP contribution >= 0.6 is 0 Å². The number of fused-ring (bicyclic) bond motifs is 1. The van der Waals surface area contributed by atoms with E-state index in [0.29, 0.717) is 19.3 Å². The first-order valence-electron chi connectivity index (χ1n) is 12.1. The van der Waals surface area contributed by atoms with Gasteiger partial charge in [0.05, 0.1) is 30.8 Å². The molecule has 4 aromatic rings. The van der Waals surface area contributed by atoms with Crippen molar-refractivity contribution in [2.45, 2.75) is 25.4 Å². The molecule has 174 valence electrons. The highest BCUT2D eigenvalue weighted by molar-refractivity contribution is 5.88. The Kier molecular flexibility index (Phi) is 5.91. The maximum absolute atomic E-state index is 5.58. The van der Waals surface area contributed by atoms with Crippen LogP contribution in [-0.2, 0) is 11.3 Å². The Balaban J connectivity index is 1.30. The van der Waals surface area contributed by atoms with E-state index in [4.69, 9.17) is 19.8 Å². The minimum atomic E-state index is 0.335. The van der Waals surface area contributed by atoms with Crippen LogP contribution in [0.25, 0.3) is 22.4 Å². The molecule has 3 aromatic heterocycles. The molecule has 0 unspecified atom stereocenters. The molecule has 1 aromatic carbocycles. The van der Waals surface area contributed by atoms with Gasteiger partial charge in [-0.15, -0.1) is 0 Å². The van der Waals surface area contributed by atoms with Crippen LogP contribution in [0.5, 0.6) is 0 Å². The van der Waals surface area contributed by atoms with Crippen LogP contribution in [0, 0.1) is 0 Å². The molecule has 0 saturated carbocycles. The first kappa shape index (κ1) is 21.2. The summed E-state index contributed by atoms with van der Waals surface area (Å²) in [6, 6.07) is 15.0. The fraction of sp³-hybridized carbons (Fsp3) is 0.385. The standard InChI is InChI=1S/C26H29N7O/c1-2-4-20(5-3-1)19-31-12-8-22(9-13-31)33-26-23(18-28-33)25(32-14-16-34-17-15-32)29-24(30-26)21-6-10-27-11-7-21/h1-7,10-11,18,22H,8-9,12-17,19H2. The van der Waals surface area contributed by atoms with Crippen molar-refractivity contribution < 1.29 is 4.74 Å². The number of pyridine rings is 1. The predicted octanol–water partition coefficient (Wildman–Crippen LogP) is 3.56. The predicted molar refractivity (Wildman–Crippen MR) is 132 cm³/mol. The Labute approximate surface area is 199 Å².